The number of ether oxygens (including phenoxy) is 4. The first-order valence-electron chi connectivity index (χ1n) is 14.8. The molecular formula is C28H48N3O10P. The van der Waals surface area contributed by atoms with Gasteiger partial charge in [-0.3, -0.25) is 14.4 Å². The Morgan fingerprint density at radius 3 is 1.88 bits per heavy atom. The van der Waals surface area contributed by atoms with Crippen LogP contribution < -0.4 is 9.47 Å². The highest BCUT2D eigenvalue weighted by Gasteiger charge is 2.14. The molecule has 0 aromatic carbocycles. The molecule has 13 nitrogen and oxygen atoms in total. The zero-order chi connectivity index (χ0) is 30.8. The summed E-state index contributed by atoms with van der Waals surface area (Å²) >= 11 is 0. The normalized spacial score (nSPS) is 11.1. The summed E-state index contributed by atoms with van der Waals surface area (Å²) in [5, 5.41) is 26.5. The number of aliphatic hydroxyl groups is 1. The van der Waals surface area contributed by atoms with Crippen LogP contribution in [-0.2, 0) is 30.3 Å². The summed E-state index contributed by atoms with van der Waals surface area (Å²) in [4.78, 5) is 46.8. The highest BCUT2D eigenvalue weighted by Crippen LogP contribution is 2.39. The fourth-order valence-corrected chi connectivity index (χ4v) is 6.54. The number of carboxylic acids is 2. The Kier molecular flexibility index (Phi) is 22.4. The number of aromatic nitrogens is 3. The summed E-state index contributed by atoms with van der Waals surface area (Å²) in [5.41, 5.74) is 0. The number of unbranched alkanes of at least 4 members (excludes halogenated alkanes) is 3. The van der Waals surface area contributed by atoms with E-state index in [9.17, 15) is 14.4 Å². The van der Waals surface area contributed by atoms with Crippen molar-refractivity contribution in [1.29, 1.82) is 0 Å². The van der Waals surface area contributed by atoms with Gasteiger partial charge in [0.1, 0.15) is 12.4 Å². The summed E-state index contributed by atoms with van der Waals surface area (Å²) < 4.78 is 21.6. The van der Waals surface area contributed by atoms with Gasteiger partial charge >= 0.3 is 29.9 Å². The van der Waals surface area contributed by atoms with Gasteiger partial charge < -0.3 is 34.3 Å². The van der Waals surface area contributed by atoms with Gasteiger partial charge in [0.25, 0.3) is 0 Å². The van der Waals surface area contributed by atoms with Crippen molar-refractivity contribution in [2.45, 2.75) is 84.0 Å². The molecule has 0 saturated carbocycles. The van der Waals surface area contributed by atoms with Gasteiger partial charge in [0.15, 0.2) is 0 Å². The fourth-order valence-electron chi connectivity index (χ4n) is 3.85. The smallest absolute Gasteiger partial charge is 0.330 e. The van der Waals surface area contributed by atoms with Crippen LogP contribution >= 0.6 is 7.92 Å². The van der Waals surface area contributed by atoms with E-state index in [1.807, 2.05) is 6.92 Å². The Balaban J connectivity index is 2.59. The monoisotopic (exact) mass is 617 g/mol. The lowest BCUT2D eigenvalue weighted by Gasteiger charge is -2.17. The minimum absolute atomic E-state index is 0.0290. The standard InChI is InChI=1S/C28H48N3O10P/c1-2-15-38-16-9-10-23-29-27(40-19-18-39-17-14-32)31-28(30-23)41-26(37)13-5-8-22-42(20-6-3-11-24(33)34)21-7-4-12-25(35)36/h32H,2-22H2,1H3,(H,33,34)(H,35,36). The molecule has 0 radical (unpaired) electrons. The van der Waals surface area contributed by atoms with Crippen molar-refractivity contribution in [1.82, 2.24) is 15.0 Å². The van der Waals surface area contributed by atoms with Crippen LogP contribution in [0.5, 0.6) is 12.0 Å². The zero-order valence-electron chi connectivity index (χ0n) is 24.8. The molecule has 0 fully saturated rings. The third-order valence-corrected chi connectivity index (χ3v) is 8.76. The van der Waals surface area contributed by atoms with E-state index in [1.54, 1.807) is 0 Å². The molecule has 0 spiro atoms. The van der Waals surface area contributed by atoms with Gasteiger partial charge in [0.05, 0.1) is 19.8 Å². The van der Waals surface area contributed by atoms with Crippen LogP contribution in [0.3, 0.4) is 0 Å². The lowest BCUT2D eigenvalue weighted by atomic mass is 10.2. The predicted octanol–water partition coefficient (Wildman–Crippen LogP) is 3.69. The highest BCUT2D eigenvalue weighted by molar-refractivity contribution is 7.57. The third kappa shape index (κ3) is 21.3. The molecule has 1 heterocycles. The first kappa shape index (κ1) is 37.6. The van der Waals surface area contributed by atoms with Gasteiger partial charge in [0, 0.05) is 38.9 Å². The SMILES string of the molecule is CCCOCCCc1nc(OCCOCCO)nc(OC(=O)CCCCP(CCCCC(=O)O)CCCCC(=O)O)n1. The number of aliphatic hydroxyl groups excluding tert-OH is 1. The molecule has 1 aromatic rings. The van der Waals surface area contributed by atoms with E-state index in [0.29, 0.717) is 51.1 Å². The van der Waals surface area contributed by atoms with E-state index in [2.05, 4.69) is 15.0 Å². The summed E-state index contributed by atoms with van der Waals surface area (Å²) in [6.07, 6.45) is 9.85. The molecule has 0 unspecified atom stereocenters. The molecule has 240 valence electrons. The molecule has 1 aromatic heterocycles. The van der Waals surface area contributed by atoms with Crippen molar-refractivity contribution in [2.24, 2.45) is 0 Å². The molecule has 0 aliphatic heterocycles. The number of carbonyl (C=O) groups is 3. The van der Waals surface area contributed by atoms with Crippen molar-refractivity contribution in [2.75, 3.05) is 58.1 Å². The molecule has 0 aliphatic rings. The average molecular weight is 618 g/mol. The second kappa shape index (κ2) is 25.1. The van der Waals surface area contributed by atoms with Crippen LogP contribution in [0.1, 0.15) is 83.4 Å². The molecule has 14 heteroatoms. The van der Waals surface area contributed by atoms with Crippen LogP contribution in [0.25, 0.3) is 0 Å². The number of hydrogen-bond acceptors (Lipinski definition) is 11. The number of carbonyl (C=O) groups excluding carboxylic acids is 1. The molecule has 0 atom stereocenters. The minimum Gasteiger partial charge on any atom is -0.481 e. The topological polar surface area (TPSA) is 187 Å². The van der Waals surface area contributed by atoms with E-state index in [4.69, 9.17) is 34.3 Å². The number of hydrogen-bond donors (Lipinski definition) is 3. The van der Waals surface area contributed by atoms with Gasteiger partial charge in [-0.1, -0.05) is 6.92 Å². The molecule has 0 saturated heterocycles. The highest BCUT2D eigenvalue weighted by atomic mass is 31.1. The number of aryl methyl sites for hydroxylation is 1. The quantitative estimate of drug-likeness (QED) is 0.0702. The number of rotatable bonds is 28. The predicted molar refractivity (Wildman–Crippen MR) is 157 cm³/mol. The maximum atomic E-state index is 12.6. The van der Waals surface area contributed by atoms with Gasteiger partial charge in [-0.15, -0.1) is 12.9 Å². The Labute approximate surface area is 249 Å². The van der Waals surface area contributed by atoms with Crippen LogP contribution in [0.4, 0.5) is 0 Å². The Bertz CT molecular complexity index is 839. The molecular weight excluding hydrogens is 569 g/mol. The molecule has 0 amide bonds. The third-order valence-electron chi connectivity index (χ3n) is 5.91. The summed E-state index contributed by atoms with van der Waals surface area (Å²) in [7, 11) is -0.352. The zero-order valence-corrected chi connectivity index (χ0v) is 25.7. The number of esters is 1. The minimum atomic E-state index is -0.795. The Hall–Kier alpha value is -2.47. The number of aliphatic carboxylic acids is 2. The lowest BCUT2D eigenvalue weighted by Crippen LogP contribution is -2.15. The maximum Gasteiger partial charge on any atom is 0.330 e. The first-order valence-corrected chi connectivity index (χ1v) is 16.7. The van der Waals surface area contributed by atoms with Crippen LogP contribution in [0, 0.1) is 0 Å². The summed E-state index contributed by atoms with van der Waals surface area (Å²) in [6, 6.07) is -0.0915. The van der Waals surface area contributed by atoms with E-state index >= 15 is 0 Å². The second-order valence-electron chi connectivity index (χ2n) is 9.69. The van der Waals surface area contributed by atoms with E-state index in [0.717, 1.165) is 44.2 Å². The maximum absolute atomic E-state index is 12.6. The molecule has 0 aliphatic carbocycles. The van der Waals surface area contributed by atoms with Crippen molar-refractivity contribution in [3.63, 3.8) is 0 Å². The van der Waals surface area contributed by atoms with Gasteiger partial charge in [-0.2, -0.15) is 9.97 Å². The average Bonchev–Trinajstić information content (AvgIpc) is 2.94. The van der Waals surface area contributed by atoms with Crippen LogP contribution in [0.2, 0.25) is 0 Å². The summed E-state index contributed by atoms with van der Waals surface area (Å²) in [5.74, 6) is -1.62. The van der Waals surface area contributed by atoms with E-state index in [1.165, 1.54) is 0 Å². The van der Waals surface area contributed by atoms with E-state index < -0.39 is 17.9 Å². The molecule has 0 bridgehead atoms. The largest absolute Gasteiger partial charge is 0.481 e. The van der Waals surface area contributed by atoms with Gasteiger partial charge in [0.2, 0.25) is 0 Å². The van der Waals surface area contributed by atoms with Crippen molar-refractivity contribution >= 4 is 25.8 Å². The Morgan fingerprint density at radius 1 is 0.690 bits per heavy atom. The lowest BCUT2D eigenvalue weighted by molar-refractivity contribution is -0.138. The van der Waals surface area contributed by atoms with Crippen molar-refractivity contribution in [3.05, 3.63) is 5.82 Å². The Morgan fingerprint density at radius 2 is 1.29 bits per heavy atom. The number of nitrogens with zero attached hydrogens (tertiary/aromatic N) is 3. The van der Waals surface area contributed by atoms with E-state index in [-0.39, 0.29) is 65.6 Å². The second-order valence-corrected chi connectivity index (χ2v) is 12.4. The molecule has 3 N–H and O–H groups in total. The van der Waals surface area contributed by atoms with Crippen molar-refractivity contribution in [3.8, 4) is 12.0 Å². The number of carboxylic acid groups (broad SMARTS) is 2. The van der Waals surface area contributed by atoms with Crippen LogP contribution in [0.15, 0.2) is 0 Å². The van der Waals surface area contributed by atoms with Crippen molar-refractivity contribution < 1.29 is 48.7 Å². The van der Waals surface area contributed by atoms with Gasteiger partial charge in [-0.05, 0) is 69.9 Å². The molecule has 42 heavy (non-hydrogen) atoms. The first-order chi connectivity index (χ1) is 20.3. The van der Waals surface area contributed by atoms with Gasteiger partial charge in [-0.25, -0.2) is 0 Å². The summed E-state index contributed by atoms with van der Waals surface area (Å²) in [6.45, 7) is 3.79. The molecule has 1 rings (SSSR count). The fraction of sp³-hybridized carbons (Fsp3) is 0.786. The van der Waals surface area contributed by atoms with Crippen LogP contribution in [-0.4, -0.2) is 106 Å².